The minimum Gasteiger partial charge on any atom is -0.368 e. The quantitative estimate of drug-likeness (QED) is 0.325. The molecule has 216 valence electrons. The topological polar surface area (TPSA) is 88.0 Å². The summed E-state index contributed by atoms with van der Waals surface area (Å²) < 4.78 is 40.6. The zero-order chi connectivity index (χ0) is 29.3. The molecule has 0 atom stereocenters. The van der Waals surface area contributed by atoms with Crippen molar-refractivity contribution in [3.63, 3.8) is 0 Å². The van der Waals surface area contributed by atoms with Crippen molar-refractivity contribution in [2.45, 2.75) is 44.8 Å². The van der Waals surface area contributed by atoms with Crippen LogP contribution in [-0.4, -0.2) is 45.7 Å². The van der Waals surface area contributed by atoms with E-state index >= 15 is 0 Å². The second-order valence-corrected chi connectivity index (χ2v) is 10.6. The first-order valence-corrected chi connectivity index (χ1v) is 14.1. The number of nitrogens with one attached hydrogen (secondary N) is 2. The number of benzene rings is 1. The molecule has 1 aliphatic carbocycles. The maximum atomic E-state index is 13.9. The van der Waals surface area contributed by atoms with Crippen LogP contribution in [-0.2, 0) is 6.18 Å². The van der Waals surface area contributed by atoms with Crippen LogP contribution < -0.4 is 21.1 Å². The third kappa shape index (κ3) is 5.67. The second-order valence-electron chi connectivity index (χ2n) is 10.6. The molecule has 3 aromatic heterocycles. The molecular weight excluding hydrogens is 543 g/mol. The predicted octanol–water partition coefficient (Wildman–Crippen LogP) is 5.18. The number of hydrogen-bond acceptors (Lipinski definition) is 7. The van der Waals surface area contributed by atoms with Gasteiger partial charge in [-0.05, 0) is 61.7 Å². The van der Waals surface area contributed by atoms with Gasteiger partial charge in [0.25, 0.3) is 5.56 Å². The standard InChI is InChI=1S/C31H30F3N7O/c1-20-25(12-8-21-6-9-22(10-7-21)31(32,33)34)29(42)41(23-4-2-3-5-23)28-26(20)19-37-30(39-28)38-27-13-11-24(18-36-27)40-16-14-35-15-17-40/h6-7,9-11,13,18-19,23,35H,2-5,14-17H2,1H3,(H,36,37,38,39). The smallest absolute Gasteiger partial charge is 0.368 e. The van der Waals surface area contributed by atoms with Crippen LogP contribution >= 0.6 is 0 Å². The van der Waals surface area contributed by atoms with Crippen molar-refractivity contribution in [3.8, 4) is 11.8 Å². The molecule has 1 aliphatic heterocycles. The van der Waals surface area contributed by atoms with Gasteiger partial charge in [-0.3, -0.25) is 9.36 Å². The van der Waals surface area contributed by atoms with Gasteiger partial charge in [-0.15, -0.1) is 0 Å². The Hall–Kier alpha value is -4.43. The summed E-state index contributed by atoms with van der Waals surface area (Å²) in [7, 11) is 0. The summed E-state index contributed by atoms with van der Waals surface area (Å²) in [5.74, 6) is 6.75. The van der Waals surface area contributed by atoms with Gasteiger partial charge in [0.05, 0.1) is 23.0 Å². The summed E-state index contributed by atoms with van der Waals surface area (Å²) in [4.78, 5) is 30.0. The number of piperazine rings is 1. The van der Waals surface area contributed by atoms with E-state index in [9.17, 15) is 18.0 Å². The SMILES string of the molecule is Cc1c(C#Cc2ccc(C(F)(F)F)cc2)c(=O)n(C2CCCC2)c2nc(Nc3ccc(N4CCNCC4)cn3)ncc12. The zero-order valence-electron chi connectivity index (χ0n) is 23.1. The van der Waals surface area contributed by atoms with Gasteiger partial charge in [0.15, 0.2) is 0 Å². The Balaban J connectivity index is 1.34. The maximum Gasteiger partial charge on any atom is 0.416 e. The van der Waals surface area contributed by atoms with Crippen molar-refractivity contribution in [3.05, 3.63) is 81.4 Å². The Labute approximate surface area is 241 Å². The molecule has 0 amide bonds. The minimum absolute atomic E-state index is 0.0218. The lowest BCUT2D eigenvalue weighted by Crippen LogP contribution is -2.43. The van der Waals surface area contributed by atoms with Gasteiger partial charge in [0.1, 0.15) is 11.5 Å². The Morgan fingerprint density at radius 2 is 1.71 bits per heavy atom. The van der Waals surface area contributed by atoms with E-state index < -0.39 is 11.7 Å². The van der Waals surface area contributed by atoms with E-state index in [4.69, 9.17) is 4.98 Å². The molecule has 4 heterocycles. The number of fused-ring (bicyclic) bond motifs is 1. The largest absolute Gasteiger partial charge is 0.416 e. The van der Waals surface area contributed by atoms with Crippen LogP contribution in [0.5, 0.6) is 0 Å². The molecule has 4 aromatic rings. The summed E-state index contributed by atoms with van der Waals surface area (Å²) in [6.07, 6.45) is 2.82. The number of anilines is 3. The first-order valence-electron chi connectivity index (χ1n) is 14.1. The average molecular weight is 574 g/mol. The number of hydrogen-bond donors (Lipinski definition) is 2. The molecule has 11 heteroatoms. The van der Waals surface area contributed by atoms with Crippen LogP contribution in [0.15, 0.2) is 53.6 Å². The van der Waals surface area contributed by atoms with Crippen molar-refractivity contribution in [2.24, 2.45) is 0 Å². The summed E-state index contributed by atoms with van der Waals surface area (Å²) in [5.41, 5.74) is 1.90. The van der Waals surface area contributed by atoms with E-state index in [2.05, 4.69) is 37.3 Å². The molecule has 0 spiro atoms. The van der Waals surface area contributed by atoms with E-state index in [1.165, 1.54) is 12.1 Å². The summed E-state index contributed by atoms with van der Waals surface area (Å²) in [5, 5.41) is 7.21. The number of rotatable bonds is 4. The summed E-state index contributed by atoms with van der Waals surface area (Å²) in [6.45, 7) is 5.53. The molecule has 42 heavy (non-hydrogen) atoms. The fraction of sp³-hybridized carbons (Fsp3) is 0.355. The normalized spacial score (nSPS) is 16.0. The lowest BCUT2D eigenvalue weighted by atomic mass is 10.1. The number of aromatic nitrogens is 4. The van der Waals surface area contributed by atoms with Crippen molar-refractivity contribution in [1.82, 2.24) is 24.8 Å². The lowest BCUT2D eigenvalue weighted by molar-refractivity contribution is -0.137. The zero-order valence-corrected chi connectivity index (χ0v) is 23.1. The van der Waals surface area contributed by atoms with Gasteiger partial charge in [0, 0.05) is 49.4 Å². The molecule has 1 saturated carbocycles. The van der Waals surface area contributed by atoms with Gasteiger partial charge in [0.2, 0.25) is 5.95 Å². The number of aryl methyl sites for hydroxylation is 1. The Morgan fingerprint density at radius 3 is 2.38 bits per heavy atom. The highest BCUT2D eigenvalue weighted by Gasteiger charge is 2.30. The van der Waals surface area contributed by atoms with Crippen LogP contribution in [0, 0.1) is 18.8 Å². The van der Waals surface area contributed by atoms with Crippen molar-refractivity contribution >= 4 is 28.5 Å². The summed E-state index contributed by atoms with van der Waals surface area (Å²) >= 11 is 0. The Bertz CT molecular complexity index is 1710. The van der Waals surface area contributed by atoms with Crippen LogP contribution in [0.1, 0.15) is 54.0 Å². The van der Waals surface area contributed by atoms with Gasteiger partial charge in [-0.25, -0.2) is 9.97 Å². The molecule has 0 unspecified atom stereocenters. The van der Waals surface area contributed by atoms with E-state index in [0.29, 0.717) is 39.5 Å². The van der Waals surface area contributed by atoms with Crippen LogP contribution in [0.2, 0.25) is 0 Å². The van der Waals surface area contributed by atoms with Gasteiger partial charge in [-0.2, -0.15) is 18.2 Å². The Kier molecular flexibility index (Phi) is 7.56. The van der Waals surface area contributed by atoms with Crippen LogP contribution in [0.3, 0.4) is 0 Å². The van der Waals surface area contributed by atoms with E-state index in [0.717, 1.165) is 69.7 Å². The minimum atomic E-state index is -4.42. The van der Waals surface area contributed by atoms with Crippen molar-refractivity contribution < 1.29 is 13.2 Å². The van der Waals surface area contributed by atoms with Crippen molar-refractivity contribution in [1.29, 1.82) is 0 Å². The molecule has 8 nitrogen and oxygen atoms in total. The molecule has 6 rings (SSSR count). The molecule has 0 bridgehead atoms. The molecule has 1 saturated heterocycles. The fourth-order valence-electron chi connectivity index (χ4n) is 5.60. The first kappa shape index (κ1) is 27.7. The second kappa shape index (κ2) is 11.4. The lowest BCUT2D eigenvalue weighted by Gasteiger charge is -2.29. The van der Waals surface area contributed by atoms with Gasteiger partial charge < -0.3 is 15.5 Å². The van der Waals surface area contributed by atoms with E-state index in [-0.39, 0.29) is 11.6 Å². The molecular formula is C31H30F3N7O. The van der Waals surface area contributed by atoms with E-state index in [1.807, 2.05) is 18.3 Å². The number of halogens is 3. The molecule has 1 aromatic carbocycles. The summed E-state index contributed by atoms with van der Waals surface area (Å²) in [6, 6.07) is 8.49. The van der Waals surface area contributed by atoms with Crippen LogP contribution in [0.25, 0.3) is 11.0 Å². The van der Waals surface area contributed by atoms with Gasteiger partial charge >= 0.3 is 6.18 Å². The highest BCUT2D eigenvalue weighted by atomic mass is 19.4. The molecule has 2 N–H and O–H groups in total. The monoisotopic (exact) mass is 573 g/mol. The van der Waals surface area contributed by atoms with E-state index in [1.54, 1.807) is 17.7 Å². The number of alkyl halides is 3. The van der Waals surface area contributed by atoms with Gasteiger partial charge in [-0.1, -0.05) is 24.7 Å². The predicted molar refractivity (Wildman–Crippen MR) is 156 cm³/mol. The van der Waals surface area contributed by atoms with Crippen LogP contribution in [0.4, 0.5) is 30.6 Å². The molecule has 0 radical (unpaired) electrons. The highest BCUT2D eigenvalue weighted by Crippen LogP contribution is 2.32. The highest BCUT2D eigenvalue weighted by molar-refractivity contribution is 5.82. The average Bonchev–Trinajstić information content (AvgIpc) is 3.52. The third-order valence-corrected chi connectivity index (χ3v) is 7.91. The molecule has 2 aliphatic rings. The fourth-order valence-corrected chi connectivity index (χ4v) is 5.60. The maximum absolute atomic E-state index is 13.9. The number of pyridine rings is 2. The molecule has 2 fully saturated rings. The number of nitrogens with zero attached hydrogens (tertiary/aromatic N) is 5. The Morgan fingerprint density at radius 1 is 0.976 bits per heavy atom. The third-order valence-electron chi connectivity index (χ3n) is 7.91. The first-order chi connectivity index (χ1) is 20.3. The van der Waals surface area contributed by atoms with Crippen molar-refractivity contribution in [2.75, 3.05) is 36.4 Å².